The number of rotatable bonds is 2. The minimum absolute atomic E-state index is 0.0286. The van der Waals surface area contributed by atoms with Gasteiger partial charge in [-0.3, -0.25) is 0 Å². The molecule has 18 heavy (non-hydrogen) atoms. The second-order valence-corrected chi connectivity index (χ2v) is 5.70. The average molecular weight is 306 g/mol. The van der Waals surface area contributed by atoms with Gasteiger partial charge >= 0.3 is 5.63 Å². The first-order valence-electron chi connectivity index (χ1n) is 4.89. The molecule has 2 rings (SSSR count). The molecule has 0 aliphatic rings. The Hall–Kier alpha value is -1.16. The van der Waals surface area contributed by atoms with Gasteiger partial charge < -0.3 is 8.83 Å². The maximum absolute atomic E-state index is 11.3. The zero-order chi connectivity index (χ0) is 13.2. The summed E-state index contributed by atoms with van der Waals surface area (Å²) in [7, 11) is 0. The van der Waals surface area contributed by atoms with Gasteiger partial charge in [0.25, 0.3) is 0 Å². The molecule has 0 atom stereocenters. The summed E-state index contributed by atoms with van der Waals surface area (Å²) in [5.74, 6) is 0.623. The van der Waals surface area contributed by atoms with Crippen LogP contribution in [0.15, 0.2) is 44.2 Å². The fraction of sp³-hybridized carbons (Fsp3) is 0.0833. The quantitative estimate of drug-likeness (QED) is 0.780. The van der Waals surface area contributed by atoms with Crippen molar-refractivity contribution < 1.29 is 8.83 Å². The zero-order valence-electron chi connectivity index (χ0n) is 8.90. The van der Waals surface area contributed by atoms with Gasteiger partial charge in [0.15, 0.2) is 5.76 Å². The van der Waals surface area contributed by atoms with E-state index in [0.29, 0.717) is 11.3 Å². The molecule has 0 saturated carbocycles. The Bertz CT molecular complexity index is 606. The van der Waals surface area contributed by atoms with E-state index in [9.17, 15) is 4.79 Å². The van der Waals surface area contributed by atoms with E-state index < -0.39 is 9.42 Å². The van der Waals surface area contributed by atoms with Gasteiger partial charge in [-0.25, -0.2) is 4.79 Å². The van der Waals surface area contributed by atoms with Crippen LogP contribution in [0, 0.1) is 0 Å². The monoisotopic (exact) mass is 304 g/mol. The highest BCUT2D eigenvalue weighted by Crippen LogP contribution is 2.37. The summed E-state index contributed by atoms with van der Waals surface area (Å²) in [6.45, 7) is 0. The van der Waals surface area contributed by atoms with Crippen molar-refractivity contribution >= 4 is 47.0 Å². The van der Waals surface area contributed by atoms with Crippen molar-refractivity contribution in [3.05, 3.63) is 58.0 Å². The van der Waals surface area contributed by atoms with Crippen molar-refractivity contribution in [2.75, 3.05) is 0 Å². The van der Waals surface area contributed by atoms with Crippen LogP contribution in [-0.4, -0.2) is 0 Å². The van der Waals surface area contributed by atoms with E-state index in [1.807, 2.05) is 0 Å². The largest absolute Gasteiger partial charge is 0.465 e. The van der Waals surface area contributed by atoms with Crippen LogP contribution in [0.1, 0.15) is 17.1 Å². The SMILES string of the molecule is O=c1cc(C=Cc2ccco2)cc(C(Cl)(Cl)Cl)o1. The van der Waals surface area contributed by atoms with Crippen LogP contribution in [0.3, 0.4) is 0 Å². The van der Waals surface area contributed by atoms with E-state index in [2.05, 4.69) is 0 Å². The van der Waals surface area contributed by atoms with Crippen LogP contribution < -0.4 is 5.63 Å². The molecule has 0 saturated heterocycles. The lowest BCUT2D eigenvalue weighted by Gasteiger charge is -2.08. The van der Waals surface area contributed by atoms with Crippen LogP contribution >= 0.6 is 34.8 Å². The van der Waals surface area contributed by atoms with Crippen molar-refractivity contribution in [1.29, 1.82) is 0 Å². The van der Waals surface area contributed by atoms with Crippen molar-refractivity contribution in [1.82, 2.24) is 0 Å². The maximum atomic E-state index is 11.3. The third kappa shape index (κ3) is 3.42. The normalized spacial score (nSPS) is 12.2. The Balaban J connectivity index is 2.35. The van der Waals surface area contributed by atoms with Gasteiger partial charge in [0, 0.05) is 6.07 Å². The lowest BCUT2D eigenvalue weighted by Crippen LogP contribution is -2.07. The molecule has 0 aliphatic carbocycles. The number of hydrogen-bond donors (Lipinski definition) is 0. The summed E-state index contributed by atoms with van der Waals surface area (Å²) in [6.07, 6.45) is 4.90. The lowest BCUT2D eigenvalue weighted by molar-refractivity contribution is 0.465. The smallest absolute Gasteiger partial charge is 0.336 e. The van der Waals surface area contributed by atoms with Gasteiger partial charge in [-0.2, -0.15) is 0 Å². The average Bonchev–Trinajstić information content (AvgIpc) is 2.77. The topological polar surface area (TPSA) is 43.4 Å². The molecule has 94 valence electrons. The van der Waals surface area contributed by atoms with E-state index >= 15 is 0 Å². The third-order valence-corrected chi connectivity index (χ3v) is 2.61. The predicted molar refractivity (Wildman–Crippen MR) is 71.9 cm³/mol. The Morgan fingerprint density at radius 2 is 1.94 bits per heavy atom. The van der Waals surface area contributed by atoms with Crippen LogP contribution in [0.4, 0.5) is 0 Å². The molecule has 2 heterocycles. The van der Waals surface area contributed by atoms with Gasteiger partial charge in [-0.15, -0.1) is 0 Å². The van der Waals surface area contributed by atoms with Gasteiger partial charge in [0.05, 0.1) is 6.26 Å². The zero-order valence-corrected chi connectivity index (χ0v) is 11.2. The molecule has 0 bridgehead atoms. The Kier molecular flexibility index (Phi) is 3.85. The van der Waals surface area contributed by atoms with E-state index in [-0.39, 0.29) is 5.76 Å². The summed E-state index contributed by atoms with van der Waals surface area (Å²) in [6, 6.07) is 6.30. The highest BCUT2D eigenvalue weighted by molar-refractivity contribution is 6.66. The van der Waals surface area contributed by atoms with Crippen molar-refractivity contribution in [3.63, 3.8) is 0 Å². The summed E-state index contributed by atoms with van der Waals surface area (Å²) in [5, 5.41) is 0. The second-order valence-electron chi connectivity index (χ2n) is 3.42. The number of furan rings is 1. The standard InChI is InChI=1S/C12H7Cl3O3/c13-12(14,15)10-6-8(7-11(16)18-10)3-4-9-2-1-5-17-9/h1-7H. The summed E-state index contributed by atoms with van der Waals surface area (Å²) in [4.78, 5) is 11.3. The molecule has 2 aromatic heterocycles. The fourth-order valence-corrected chi connectivity index (χ4v) is 1.58. The predicted octanol–water partition coefficient (Wildman–Crippen LogP) is 4.23. The highest BCUT2D eigenvalue weighted by Gasteiger charge is 2.26. The second kappa shape index (κ2) is 5.22. The van der Waals surface area contributed by atoms with Crippen LogP contribution in [0.25, 0.3) is 12.2 Å². The summed E-state index contributed by atoms with van der Waals surface area (Å²) < 4.78 is 8.16. The lowest BCUT2D eigenvalue weighted by atomic mass is 10.2. The first-order chi connectivity index (χ1) is 8.45. The molecule has 0 radical (unpaired) electrons. The number of halogens is 3. The molecule has 0 aromatic carbocycles. The third-order valence-electron chi connectivity index (χ3n) is 2.06. The van der Waals surface area contributed by atoms with Gasteiger partial charge in [0.2, 0.25) is 3.79 Å². The van der Waals surface area contributed by atoms with Crippen LogP contribution in [0.2, 0.25) is 0 Å². The van der Waals surface area contributed by atoms with Gasteiger partial charge in [-0.1, -0.05) is 40.9 Å². The molecule has 3 nitrogen and oxygen atoms in total. The maximum Gasteiger partial charge on any atom is 0.336 e. The van der Waals surface area contributed by atoms with Crippen molar-refractivity contribution in [3.8, 4) is 0 Å². The fourth-order valence-electron chi connectivity index (χ4n) is 1.30. The molecule has 0 amide bonds. The summed E-state index contributed by atoms with van der Waals surface area (Å²) >= 11 is 17.0. The Labute approximate surface area is 118 Å². The molecular formula is C12H7Cl3O3. The molecular weight excluding hydrogens is 298 g/mol. The number of hydrogen-bond acceptors (Lipinski definition) is 3. The Morgan fingerprint density at radius 3 is 2.56 bits per heavy atom. The first kappa shape index (κ1) is 13.3. The highest BCUT2D eigenvalue weighted by atomic mass is 35.6. The van der Waals surface area contributed by atoms with Gasteiger partial charge in [0.1, 0.15) is 5.76 Å². The molecule has 0 unspecified atom stereocenters. The summed E-state index contributed by atoms with van der Waals surface area (Å²) in [5.41, 5.74) is -0.0260. The minimum Gasteiger partial charge on any atom is -0.465 e. The Morgan fingerprint density at radius 1 is 1.17 bits per heavy atom. The number of alkyl halides is 3. The molecule has 0 spiro atoms. The molecule has 0 N–H and O–H groups in total. The van der Waals surface area contributed by atoms with Crippen molar-refractivity contribution in [2.24, 2.45) is 0 Å². The van der Waals surface area contributed by atoms with Crippen LogP contribution in [-0.2, 0) is 3.79 Å². The molecule has 0 aliphatic heterocycles. The molecule has 6 heteroatoms. The first-order valence-corrected chi connectivity index (χ1v) is 6.02. The van der Waals surface area contributed by atoms with E-state index in [1.54, 1.807) is 30.5 Å². The van der Waals surface area contributed by atoms with Crippen LogP contribution in [0.5, 0.6) is 0 Å². The minimum atomic E-state index is -1.77. The van der Waals surface area contributed by atoms with E-state index in [0.717, 1.165) is 0 Å². The molecule has 0 fully saturated rings. The van der Waals surface area contributed by atoms with Gasteiger partial charge in [-0.05, 0) is 29.8 Å². The van der Waals surface area contributed by atoms with E-state index in [1.165, 1.54) is 12.1 Å². The van der Waals surface area contributed by atoms with E-state index in [4.69, 9.17) is 43.6 Å². The van der Waals surface area contributed by atoms with Crippen molar-refractivity contribution in [2.45, 2.75) is 3.79 Å². The molecule has 2 aromatic rings.